The van der Waals surface area contributed by atoms with E-state index in [2.05, 4.69) is 15.4 Å². The molecule has 2 atom stereocenters. The molecule has 1 saturated carbocycles. The molecular weight excluding hydrogens is 272 g/mol. The van der Waals surface area contributed by atoms with Gasteiger partial charge in [0.05, 0.1) is 17.4 Å². The van der Waals surface area contributed by atoms with Gasteiger partial charge in [0.2, 0.25) is 5.88 Å². The number of ether oxygens (including phenoxy) is 2. The molecular formula is C14H22N4O3. The molecule has 1 aliphatic rings. The van der Waals surface area contributed by atoms with E-state index < -0.39 is 0 Å². The van der Waals surface area contributed by atoms with E-state index in [1.54, 1.807) is 7.11 Å². The van der Waals surface area contributed by atoms with Crippen LogP contribution < -0.4 is 10.5 Å². The molecule has 1 fully saturated rings. The van der Waals surface area contributed by atoms with Crippen LogP contribution in [0.4, 0.5) is 0 Å². The molecule has 7 nitrogen and oxygen atoms in total. The van der Waals surface area contributed by atoms with Gasteiger partial charge in [0, 0.05) is 13.5 Å². The van der Waals surface area contributed by atoms with Crippen LogP contribution in [0.25, 0.3) is 0 Å². The van der Waals surface area contributed by atoms with Crippen molar-refractivity contribution >= 4 is 5.84 Å². The molecule has 0 amide bonds. The minimum Gasteiger partial charge on any atom is -0.473 e. The molecule has 0 spiro atoms. The van der Waals surface area contributed by atoms with Crippen molar-refractivity contribution in [1.82, 2.24) is 10.2 Å². The van der Waals surface area contributed by atoms with Crippen LogP contribution in [0.3, 0.4) is 0 Å². The van der Waals surface area contributed by atoms with E-state index in [1.807, 2.05) is 13.8 Å². The summed E-state index contributed by atoms with van der Waals surface area (Å²) in [6.07, 6.45) is 4.04. The number of hydrogen-bond acceptors (Lipinski definition) is 6. The SMILES string of the molecule is COC1CCCC(Oc2nnc(C)c(C)c2C(N)=NO)C1. The van der Waals surface area contributed by atoms with E-state index in [-0.39, 0.29) is 18.0 Å². The number of methoxy groups -OCH3 is 1. The van der Waals surface area contributed by atoms with Crippen molar-refractivity contribution in [3.63, 3.8) is 0 Å². The Morgan fingerprint density at radius 3 is 2.67 bits per heavy atom. The molecule has 7 heteroatoms. The van der Waals surface area contributed by atoms with Gasteiger partial charge in [-0.25, -0.2) is 0 Å². The Morgan fingerprint density at radius 1 is 1.29 bits per heavy atom. The fourth-order valence-corrected chi connectivity index (χ4v) is 2.60. The second kappa shape index (κ2) is 6.71. The van der Waals surface area contributed by atoms with Gasteiger partial charge < -0.3 is 20.4 Å². The highest BCUT2D eigenvalue weighted by molar-refractivity contribution is 6.00. The molecule has 0 aliphatic heterocycles. The number of aromatic nitrogens is 2. The minimum absolute atomic E-state index is 0.00495. The van der Waals surface area contributed by atoms with Gasteiger partial charge in [-0.1, -0.05) is 5.16 Å². The van der Waals surface area contributed by atoms with Gasteiger partial charge >= 0.3 is 0 Å². The normalized spacial score (nSPS) is 23.1. The van der Waals surface area contributed by atoms with E-state index >= 15 is 0 Å². The van der Waals surface area contributed by atoms with E-state index in [4.69, 9.17) is 20.4 Å². The fourth-order valence-electron chi connectivity index (χ4n) is 2.60. The molecule has 1 aromatic heterocycles. The molecule has 1 aromatic rings. The molecule has 2 unspecified atom stereocenters. The molecule has 0 saturated heterocycles. The largest absolute Gasteiger partial charge is 0.473 e. The van der Waals surface area contributed by atoms with Gasteiger partial charge in [0.1, 0.15) is 6.10 Å². The van der Waals surface area contributed by atoms with Crippen LogP contribution in [0.15, 0.2) is 5.16 Å². The molecule has 0 bridgehead atoms. The zero-order valence-corrected chi connectivity index (χ0v) is 12.7. The maximum atomic E-state index is 8.95. The first-order valence-electron chi connectivity index (χ1n) is 7.08. The van der Waals surface area contributed by atoms with Crippen LogP contribution in [0.1, 0.15) is 42.5 Å². The average molecular weight is 294 g/mol. The molecule has 3 N–H and O–H groups in total. The zero-order chi connectivity index (χ0) is 15.4. The molecule has 0 aromatic carbocycles. The highest BCUT2D eigenvalue weighted by Gasteiger charge is 2.26. The van der Waals surface area contributed by atoms with Crippen LogP contribution in [0, 0.1) is 13.8 Å². The third kappa shape index (κ3) is 3.41. The van der Waals surface area contributed by atoms with Crippen LogP contribution in [0.5, 0.6) is 5.88 Å². The number of nitrogens with zero attached hydrogens (tertiary/aromatic N) is 3. The number of oxime groups is 1. The third-order valence-electron chi connectivity index (χ3n) is 3.98. The van der Waals surface area contributed by atoms with Crippen molar-refractivity contribution in [3.05, 3.63) is 16.8 Å². The van der Waals surface area contributed by atoms with Crippen molar-refractivity contribution in [3.8, 4) is 5.88 Å². The Bertz CT molecular complexity index is 533. The van der Waals surface area contributed by atoms with Gasteiger partial charge in [0.15, 0.2) is 5.84 Å². The molecule has 0 radical (unpaired) electrons. The number of hydrogen-bond donors (Lipinski definition) is 2. The van der Waals surface area contributed by atoms with Crippen LogP contribution in [-0.2, 0) is 4.74 Å². The maximum Gasteiger partial charge on any atom is 0.245 e. The van der Waals surface area contributed by atoms with Crippen molar-refractivity contribution in [1.29, 1.82) is 0 Å². The Hall–Kier alpha value is -1.89. The predicted molar refractivity (Wildman–Crippen MR) is 77.7 cm³/mol. The number of aryl methyl sites for hydroxylation is 1. The summed E-state index contributed by atoms with van der Waals surface area (Å²) >= 11 is 0. The van der Waals surface area contributed by atoms with E-state index in [1.165, 1.54) is 0 Å². The van der Waals surface area contributed by atoms with E-state index in [0.29, 0.717) is 11.4 Å². The van der Waals surface area contributed by atoms with E-state index in [0.717, 1.165) is 36.9 Å². The summed E-state index contributed by atoms with van der Waals surface area (Å²) in [6.45, 7) is 3.67. The summed E-state index contributed by atoms with van der Waals surface area (Å²) < 4.78 is 11.3. The number of nitrogens with two attached hydrogens (primary N) is 1. The summed E-state index contributed by atoms with van der Waals surface area (Å²) in [7, 11) is 1.71. The van der Waals surface area contributed by atoms with Crippen molar-refractivity contribution in [2.45, 2.75) is 51.7 Å². The number of rotatable bonds is 4. The second-order valence-electron chi connectivity index (χ2n) is 5.34. The number of amidine groups is 1. The van der Waals surface area contributed by atoms with Crippen LogP contribution in [-0.4, -0.2) is 40.6 Å². The first-order valence-corrected chi connectivity index (χ1v) is 7.08. The van der Waals surface area contributed by atoms with Gasteiger partial charge in [-0.05, 0) is 38.7 Å². The molecule has 1 aliphatic carbocycles. The minimum atomic E-state index is -0.0143. The predicted octanol–water partition coefficient (Wildman–Crippen LogP) is 1.52. The summed E-state index contributed by atoms with van der Waals surface area (Å²) in [4.78, 5) is 0. The van der Waals surface area contributed by atoms with Crippen LogP contribution >= 0.6 is 0 Å². The fraction of sp³-hybridized carbons (Fsp3) is 0.643. The molecule has 2 rings (SSSR count). The average Bonchev–Trinajstić information content (AvgIpc) is 2.51. The Balaban J connectivity index is 2.25. The lowest BCUT2D eigenvalue weighted by Gasteiger charge is -2.28. The van der Waals surface area contributed by atoms with Crippen molar-refractivity contribution in [2.75, 3.05) is 7.11 Å². The topological polar surface area (TPSA) is 103 Å². The monoisotopic (exact) mass is 294 g/mol. The second-order valence-corrected chi connectivity index (χ2v) is 5.34. The first-order chi connectivity index (χ1) is 10.1. The van der Waals surface area contributed by atoms with E-state index in [9.17, 15) is 0 Å². The van der Waals surface area contributed by atoms with Crippen LogP contribution in [0.2, 0.25) is 0 Å². The highest BCUT2D eigenvalue weighted by atomic mass is 16.5. The Labute approximate surface area is 124 Å². The molecule has 1 heterocycles. The lowest BCUT2D eigenvalue weighted by Crippen LogP contribution is -2.31. The first kappa shape index (κ1) is 15.5. The summed E-state index contributed by atoms with van der Waals surface area (Å²) in [6, 6.07) is 0. The summed E-state index contributed by atoms with van der Waals surface area (Å²) in [5, 5.41) is 20.2. The Morgan fingerprint density at radius 2 is 2.00 bits per heavy atom. The molecule has 21 heavy (non-hydrogen) atoms. The van der Waals surface area contributed by atoms with Gasteiger partial charge in [0.25, 0.3) is 0 Å². The van der Waals surface area contributed by atoms with Gasteiger partial charge in [-0.15, -0.1) is 5.10 Å². The highest BCUT2D eigenvalue weighted by Crippen LogP contribution is 2.27. The van der Waals surface area contributed by atoms with Gasteiger partial charge in [-0.3, -0.25) is 0 Å². The lowest BCUT2D eigenvalue weighted by atomic mass is 9.95. The standard InChI is InChI=1S/C14H22N4O3/c1-8-9(2)16-17-14(12(8)13(15)18-19)21-11-6-4-5-10(7-11)20-3/h10-11,19H,4-7H2,1-3H3,(H2,15,18). The van der Waals surface area contributed by atoms with Crippen molar-refractivity contribution < 1.29 is 14.7 Å². The van der Waals surface area contributed by atoms with Crippen molar-refractivity contribution in [2.24, 2.45) is 10.9 Å². The zero-order valence-electron chi connectivity index (χ0n) is 12.7. The lowest BCUT2D eigenvalue weighted by molar-refractivity contribution is 0.0191. The smallest absolute Gasteiger partial charge is 0.245 e. The Kier molecular flexibility index (Phi) is 4.95. The quantitative estimate of drug-likeness (QED) is 0.378. The maximum absolute atomic E-state index is 8.95. The summed E-state index contributed by atoms with van der Waals surface area (Å²) in [5.41, 5.74) is 7.78. The third-order valence-corrected chi connectivity index (χ3v) is 3.98. The molecule has 116 valence electrons. The summed E-state index contributed by atoms with van der Waals surface area (Å²) in [5.74, 6) is 0.301. The van der Waals surface area contributed by atoms with Gasteiger partial charge in [-0.2, -0.15) is 5.10 Å².